The summed E-state index contributed by atoms with van der Waals surface area (Å²) >= 11 is 1.41. The van der Waals surface area contributed by atoms with E-state index < -0.39 is 51.9 Å². The minimum absolute atomic E-state index is 0.0857. The van der Waals surface area contributed by atoms with Crippen molar-refractivity contribution in [2.45, 2.75) is 76.3 Å². The lowest BCUT2D eigenvalue weighted by Gasteiger charge is -2.46. The van der Waals surface area contributed by atoms with Crippen LogP contribution in [0.4, 0.5) is 16.2 Å². The maximum absolute atomic E-state index is 13.6. The number of hydrogen-bond donors (Lipinski definition) is 4. The second-order valence-corrected chi connectivity index (χ2v) is 16.1. The van der Waals surface area contributed by atoms with Crippen molar-refractivity contribution in [3.8, 4) is 0 Å². The zero-order valence-electron chi connectivity index (χ0n) is 32.4. The Kier molecular flexibility index (Phi) is 13.3. The van der Waals surface area contributed by atoms with Crippen molar-refractivity contribution in [2.24, 2.45) is 16.8 Å². The van der Waals surface area contributed by atoms with E-state index in [1.54, 1.807) is 11.8 Å². The Morgan fingerprint density at radius 1 is 1.02 bits per heavy atom. The average Bonchev–Trinajstić information content (AvgIpc) is 3.93. The quantitative estimate of drug-likeness (QED) is 0.0531. The molecule has 2 aromatic carbocycles. The third-order valence-corrected chi connectivity index (χ3v) is 12.1. The summed E-state index contributed by atoms with van der Waals surface area (Å²) < 4.78 is 10.7. The number of aliphatic imine (C=N–C) groups is 1. The molecule has 0 aliphatic carbocycles. The van der Waals surface area contributed by atoms with Gasteiger partial charge in [-0.3, -0.25) is 44.9 Å². The van der Waals surface area contributed by atoms with Crippen LogP contribution in [0.3, 0.4) is 0 Å². The number of esters is 1. The number of aliphatic hydroxyl groups excluding tert-OH is 1. The Balaban J connectivity index is 0.976. The number of nitro benzene ring substituents is 2. The van der Waals surface area contributed by atoms with Crippen LogP contribution in [-0.4, -0.2) is 116 Å². The SMILES string of the molecule is CC(=NCC(=O)N[C@H]1CCN(C(=O)[C@@H]2C[C@H](SC3=C(C(=O)OCc4ccc([N+](=O)[O-])cc4)N4C(=O)[C@H]([C@@H](C)O)[C@H]4[C@H]3C)CN2)C1)NC(=O)OCc1ccc([N+](=O)[O-])cc1. The number of nitro groups is 2. The first-order valence-electron chi connectivity index (χ1n) is 18.9. The molecule has 0 unspecified atom stereocenters. The van der Waals surface area contributed by atoms with Gasteiger partial charge in [0, 0.05) is 66.0 Å². The number of β-lactam (4-membered cyclic amide) rings is 1. The Morgan fingerprint density at radius 3 is 2.22 bits per heavy atom. The van der Waals surface area contributed by atoms with E-state index in [2.05, 4.69) is 20.9 Å². The molecule has 314 valence electrons. The number of benzene rings is 2. The van der Waals surface area contributed by atoms with Gasteiger partial charge in [0.05, 0.1) is 34.0 Å². The van der Waals surface area contributed by atoms with Crippen molar-refractivity contribution >= 4 is 58.8 Å². The molecule has 4 aliphatic rings. The predicted octanol–water partition coefficient (Wildman–Crippen LogP) is 2.14. The minimum atomic E-state index is -0.925. The number of alkyl carbamates (subject to hydrolysis) is 1. The van der Waals surface area contributed by atoms with Crippen molar-refractivity contribution in [1.29, 1.82) is 0 Å². The number of thioether (sulfide) groups is 1. The molecule has 0 radical (unpaired) electrons. The van der Waals surface area contributed by atoms with Gasteiger partial charge in [0.25, 0.3) is 11.4 Å². The zero-order valence-corrected chi connectivity index (χ0v) is 33.2. The smallest absolute Gasteiger partial charge is 0.412 e. The highest BCUT2D eigenvalue weighted by Crippen LogP contribution is 2.52. The van der Waals surface area contributed by atoms with E-state index in [1.807, 2.05) is 6.92 Å². The summed E-state index contributed by atoms with van der Waals surface area (Å²) in [7, 11) is 0. The van der Waals surface area contributed by atoms with Crippen LogP contribution in [0, 0.1) is 32.1 Å². The normalized spacial score (nSPS) is 24.3. The van der Waals surface area contributed by atoms with Crippen LogP contribution in [0.15, 0.2) is 64.1 Å². The fraction of sp³-hybridized carbons (Fsp3) is 0.474. The number of amides is 4. The maximum Gasteiger partial charge on any atom is 0.412 e. The second kappa shape index (κ2) is 18.3. The Bertz CT molecular complexity index is 2060. The average molecular weight is 837 g/mol. The number of likely N-dealkylation sites (tertiary alicyclic amines) is 1. The van der Waals surface area contributed by atoms with E-state index in [9.17, 15) is 49.3 Å². The van der Waals surface area contributed by atoms with Gasteiger partial charge in [-0.25, -0.2) is 9.59 Å². The number of non-ortho nitro benzene ring substituents is 2. The van der Waals surface area contributed by atoms with Crippen LogP contribution in [0.5, 0.6) is 0 Å². The van der Waals surface area contributed by atoms with Gasteiger partial charge in [0.2, 0.25) is 17.7 Å². The summed E-state index contributed by atoms with van der Waals surface area (Å²) in [5, 5.41) is 40.6. The maximum atomic E-state index is 13.6. The number of rotatable bonds is 14. The molecule has 0 bridgehead atoms. The predicted molar refractivity (Wildman–Crippen MR) is 210 cm³/mol. The largest absolute Gasteiger partial charge is 0.456 e. The third-order valence-electron chi connectivity index (χ3n) is 10.6. The molecule has 59 heavy (non-hydrogen) atoms. The first kappa shape index (κ1) is 42.7. The van der Waals surface area contributed by atoms with Crippen LogP contribution in [-0.2, 0) is 41.9 Å². The Hall–Kier alpha value is -5.93. The number of carbonyl (C=O) groups is 5. The molecule has 3 saturated heterocycles. The highest BCUT2D eigenvalue weighted by molar-refractivity contribution is 8.03. The fourth-order valence-corrected chi connectivity index (χ4v) is 9.08. The molecular formula is C38H44N8O12S. The van der Waals surface area contributed by atoms with E-state index in [-0.39, 0.29) is 71.7 Å². The first-order chi connectivity index (χ1) is 28.1. The van der Waals surface area contributed by atoms with Gasteiger partial charge in [-0.1, -0.05) is 6.92 Å². The van der Waals surface area contributed by atoms with Crippen molar-refractivity contribution in [3.63, 3.8) is 0 Å². The standard InChI is InChI=1S/C38H44N8O12S/c1-20-32-31(21(2)47)36(50)44(32)33(37(51)57-18-23-4-8-26(9-5-23)45(53)54)34(20)59-28-14-29(40-15-28)35(49)43-13-12-25(17-43)42-30(48)16-39-22(3)41-38(52)58-19-24-6-10-27(11-7-24)46(55)56/h4-11,20-21,25,28-29,31-32,40,47H,12-19H2,1-3H3,(H,42,48)(H,39,41,52)/t20-,21-,25+,28+,29+,31-,32-/m1/s1. The van der Waals surface area contributed by atoms with E-state index in [0.29, 0.717) is 48.5 Å². The number of amidine groups is 1. The number of aliphatic hydroxyl groups is 1. The monoisotopic (exact) mass is 836 g/mol. The number of ether oxygens (including phenoxy) is 2. The van der Waals surface area contributed by atoms with Crippen molar-refractivity contribution in [3.05, 3.63) is 90.5 Å². The van der Waals surface area contributed by atoms with Crippen LogP contribution in [0.1, 0.15) is 44.7 Å². The molecule has 7 atom stereocenters. The van der Waals surface area contributed by atoms with Crippen molar-refractivity contribution in [2.75, 3.05) is 26.2 Å². The highest BCUT2D eigenvalue weighted by Gasteiger charge is 2.60. The molecule has 20 nitrogen and oxygen atoms in total. The summed E-state index contributed by atoms with van der Waals surface area (Å²) in [5.41, 5.74) is 0.997. The van der Waals surface area contributed by atoms with E-state index in [1.165, 1.54) is 72.1 Å². The molecule has 6 rings (SSSR count). The topological polar surface area (TPSA) is 265 Å². The number of nitrogens with one attached hydrogen (secondary N) is 3. The minimum Gasteiger partial charge on any atom is -0.456 e. The zero-order chi connectivity index (χ0) is 42.5. The van der Waals surface area contributed by atoms with E-state index in [4.69, 9.17) is 9.47 Å². The number of carbonyl (C=O) groups excluding carboxylic acids is 5. The lowest BCUT2D eigenvalue weighted by molar-refractivity contribution is -0.385. The van der Waals surface area contributed by atoms with Gasteiger partial charge in [0.1, 0.15) is 31.3 Å². The van der Waals surface area contributed by atoms with Gasteiger partial charge < -0.3 is 35.0 Å². The highest BCUT2D eigenvalue weighted by atomic mass is 32.2. The molecule has 0 aromatic heterocycles. The van der Waals surface area contributed by atoms with Crippen molar-refractivity contribution < 1.29 is 48.4 Å². The number of nitrogens with zero attached hydrogens (tertiary/aromatic N) is 5. The van der Waals surface area contributed by atoms with E-state index >= 15 is 0 Å². The molecular weight excluding hydrogens is 793 g/mol. The molecule has 0 saturated carbocycles. The van der Waals surface area contributed by atoms with Gasteiger partial charge >= 0.3 is 12.1 Å². The van der Waals surface area contributed by atoms with Gasteiger partial charge in [-0.2, -0.15) is 0 Å². The Labute approximate surface area is 342 Å². The van der Waals surface area contributed by atoms with Gasteiger partial charge in [-0.05, 0) is 62.1 Å². The molecule has 4 aliphatic heterocycles. The molecule has 2 aromatic rings. The third kappa shape index (κ3) is 9.86. The summed E-state index contributed by atoms with van der Waals surface area (Å²) in [6, 6.07) is 9.88. The lowest BCUT2D eigenvalue weighted by atomic mass is 9.79. The molecule has 21 heteroatoms. The van der Waals surface area contributed by atoms with Crippen molar-refractivity contribution in [1.82, 2.24) is 25.8 Å². The van der Waals surface area contributed by atoms with Crippen LogP contribution in [0.25, 0.3) is 0 Å². The van der Waals surface area contributed by atoms with Crippen LogP contribution >= 0.6 is 11.8 Å². The molecule has 4 N–H and O–H groups in total. The van der Waals surface area contributed by atoms with Crippen LogP contribution < -0.4 is 16.0 Å². The fourth-order valence-electron chi connectivity index (χ4n) is 7.61. The van der Waals surface area contributed by atoms with Gasteiger partial charge in [-0.15, -0.1) is 11.8 Å². The van der Waals surface area contributed by atoms with Gasteiger partial charge in [0.15, 0.2) is 0 Å². The van der Waals surface area contributed by atoms with Crippen LogP contribution in [0.2, 0.25) is 0 Å². The number of hydrogen-bond acceptors (Lipinski definition) is 15. The van der Waals surface area contributed by atoms with E-state index in [0.717, 1.165) is 0 Å². The molecule has 4 amide bonds. The number of fused-ring (bicyclic) bond motifs is 1. The molecule has 3 fully saturated rings. The second-order valence-electron chi connectivity index (χ2n) is 14.8. The molecule has 4 heterocycles. The first-order valence-corrected chi connectivity index (χ1v) is 19.8. The Morgan fingerprint density at radius 2 is 1.63 bits per heavy atom. The summed E-state index contributed by atoms with van der Waals surface area (Å²) in [6.45, 7) is 5.53. The lowest BCUT2D eigenvalue weighted by Crippen LogP contribution is -2.63. The summed E-state index contributed by atoms with van der Waals surface area (Å²) in [4.78, 5) is 93.7. The summed E-state index contributed by atoms with van der Waals surface area (Å²) in [6.07, 6.45) is -0.765. The summed E-state index contributed by atoms with van der Waals surface area (Å²) in [5.74, 6) is -2.45. The molecule has 0 spiro atoms.